The molecule has 0 aliphatic carbocycles. The van der Waals surface area contributed by atoms with Crippen LogP contribution in [0.5, 0.6) is 0 Å². The highest BCUT2D eigenvalue weighted by atomic mass is 32.1. The minimum Gasteiger partial charge on any atom is -0.208 e. The average Bonchev–Trinajstić information content (AvgIpc) is 3.90. The largest absolute Gasteiger partial charge is 0.208 e. The third kappa shape index (κ3) is 4.97. The SMILES string of the molecule is c1ccc(-c2cc3c4ccccc4c4ccccc4c3c3ccccc23)c(-c2nc(-c3cccc4c3sc3ccccc34)nc(-c3cccc4c3sc3ccccc34)n2)c1. The molecule has 0 unspecified atom stereocenters. The highest BCUT2D eigenvalue weighted by Gasteiger charge is 2.22. The lowest BCUT2D eigenvalue weighted by molar-refractivity contribution is 1.08. The van der Waals surface area contributed by atoms with Gasteiger partial charge in [-0.25, -0.2) is 15.0 Å². The molecule has 0 atom stereocenters. The minimum atomic E-state index is 0.648. The second-order valence-corrected chi connectivity index (χ2v) is 17.5. The second-order valence-electron chi connectivity index (χ2n) is 15.4. The first-order valence-corrected chi connectivity index (χ1v) is 21.8. The van der Waals surface area contributed by atoms with E-state index in [1.54, 1.807) is 22.7 Å². The third-order valence-corrected chi connectivity index (χ3v) is 14.6. The number of nitrogens with zero attached hydrogens (tertiary/aromatic N) is 3. The quantitative estimate of drug-likeness (QED) is 0.167. The van der Waals surface area contributed by atoms with Crippen LogP contribution in [-0.4, -0.2) is 15.0 Å². The molecule has 0 aliphatic heterocycles. The molecule has 3 aromatic heterocycles. The maximum absolute atomic E-state index is 5.45. The lowest BCUT2D eigenvalue weighted by Crippen LogP contribution is -2.01. The van der Waals surface area contributed by atoms with Crippen molar-refractivity contribution in [3.05, 3.63) is 188 Å². The number of rotatable bonds is 4. The standard InChI is InChI=1S/C55H31N3S2/c1-2-17-34-32(15-1)33-16-3-6-22-39(33)50-40-23-7-4-18-35(40)46(31-47(34)50)36-19-5-8-24-43(36)53-56-54(44-27-13-25-41-37-20-9-11-29-48(37)59-51(41)44)58-55(57-53)45-28-14-26-42-38-21-10-12-30-49(38)60-52(42)45/h1-31H. The van der Waals surface area contributed by atoms with Crippen LogP contribution >= 0.6 is 22.7 Å². The predicted molar refractivity (Wildman–Crippen MR) is 257 cm³/mol. The fourth-order valence-corrected chi connectivity index (χ4v) is 11.9. The molecule has 0 amide bonds. The Labute approximate surface area is 352 Å². The number of hydrogen-bond donors (Lipinski definition) is 0. The molecule has 0 radical (unpaired) electrons. The molecule has 60 heavy (non-hydrogen) atoms. The van der Waals surface area contributed by atoms with Crippen molar-refractivity contribution in [2.24, 2.45) is 0 Å². The van der Waals surface area contributed by atoms with Crippen molar-refractivity contribution in [2.45, 2.75) is 0 Å². The van der Waals surface area contributed by atoms with Gasteiger partial charge in [-0.15, -0.1) is 22.7 Å². The lowest BCUT2D eigenvalue weighted by atomic mass is 9.86. The first-order valence-electron chi connectivity index (χ1n) is 20.2. The van der Waals surface area contributed by atoms with E-state index in [-0.39, 0.29) is 0 Å². The van der Waals surface area contributed by atoms with Crippen LogP contribution in [0.2, 0.25) is 0 Å². The van der Waals surface area contributed by atoms with Crippen molar-refractivity contribution in [1.29, 1.82) is 0 Å². The molecule has 0 saturated heterocycles. The Hall–Kier alpha value is -7.31. The van der Waals surface area contributed by atoms with Crippen LogP contribution in [0.25, 0.3) is 129 Å². The summed E-state index contributed by atoms with van der Waals surface area (Å²) in [5.41, 5.74) is 5.21. The topological polar surface area (TPSA) is 38.7 Å². The van der Waals surface area contributed by atoms with Crippen molar-refractivity contribution in [2.75, 3.05) is 0 Å². The molecule has 0 fully saturated rings. The summed E-state index contributed by atoms with van der Waals surface area (Å²) in [6, 6.07) is 67.9. The Kier molecular flexibility index (Phi) is 7.35. The molecule has 0 saturated carbocycles. The molecule has 0 bridgehead atoms. The maximum atomic E-state index is 5.45. The van der Waals surface area contributed by atoms with Crippen LogP contribution in [-0.2, 0) is 0 Å². The van der Waals surface area contributed by atoms with Crippen LogP contribution in [0.15, 0.2) is 188 Å². The van der Waals surface area contributed by atoms with Crippen molar-refractivity contribution >= 4 is 106 Å². The van der Waals surface area contributed by atoms with Gasteiger partial charge in [0.15, 0.2) is 17.5 Å². The van der Waals surface area contributed by atoms with Gasteiger partial charge in [0, 0.05) is 57.0 Å². The number of hydrogen-bond acceptors (Lipinski definition) is 5. The summed E-state index contributed by atoms with van der Waals surface area (Å²) in [6.45, 7) is 0. The van der Waals surface area contributed by atoms with Crippen LogP contribution < -0.4 is 0 Å². The van der Waals surface area contributed by atoms with E-state index in [9.17, 15) is 0 Å². The van der Waals surface area contributed by atoms with E-state index in [1.165, 1.54) is 83.4 Å². The van der Waals surface area contributed by atoms with E-state index in [0.717, 1.165) is 27.8 Å². The monoisotopic (exact) mass is 797 g/mol. The summed E-state index contributed by atoms with van der Waals surface area (Å²) >= 11 is 3.60. The third-order valence-electron chi connectivity index (χ3n) is 12.1. The molecular weight excluding hydrogens is 767 g/mol. The molecule has 0 spiro atoms. The Balaban J connectivity index is 1.11. The number of fused-ring (bicyclic) bond motifs is 14. The van der Waals surface area contributed by atoms with Crippen LogP contribution in [0.4, 0.5) is 0 Å². The molecule has 0 N–H and O–H groups in total. The van der Waals surface area contributed by atoms with Gasteiger partial charge >= 0.3 is 0 Å². The van der Waals surface area contributed by atoms with Crippen LogP contribution in [0, 0.1) is 0 Å². The lowest BCUT2D eigenvalue weighted by Gasteiger charge is -2.18. The summed E-state index contributed by atoms with van der Waals surface area (Å²) in [5.74, 6) is 1.98. The number of thiophene rings is 2. The molecule has 3 heterocycles. The normalized spacial score (nSPS) is 12.0. The summed E-state index contributed by atoms with van der Waals surface area (Å²) in [4.78, 5) is 16.3. The zero-order chi connectivity index (χ0) is 39.3. The number of aromatic nitrogens is 3. The molecule has 278 valence electrons. The smallest absolute Gasteiger partial charge is 0.165 e. The van der Waals surface area contributed by atoms with Crippen molar-refractivity contribution < 1.29 is 0 Å². The van der Waals surface area contributed by atoms with Gasteiger partial charge in [-0.05, 0) is 84.5 Å². The highest BCUT2D eigenvalue weighted by molar-refractivity contribution is 7.26. The highest BCUT2D eigenvalue weighted by Crippen LogP contribution is 2.46. The van der Waals surface area contributed by atoms with E-state index in [2.05, 4.69) is 188 Å². The summed E-state index contributed by atoms with van der Waals surface area (Å²) in [7, 11) is 0. The summed E-state index contributed by atoms with van der Waals surface area (Å²) < 4.78 is 4.85. The Bertz CT molecular complexity index is 3780. The van der Waals surface area contributed by atoms with Gasteiger partial charge in [-0.3, -0.25) is 0 Å². The van der Waals surface area contributed by atoms with E-state index in [1.807, 2.05) is 0 Å². The molecule has 13 rings (SSSR count). The molecule has 3 nitrogen and oxygen atoms in total. The molecule has 13 aromatic rings. The van der Waals surface area contributed by atoms with Gasteiger partial charge in [0.1, 0.15) is 0 Å². The molecule has 10 aromatic carbocycles. The van der Waals surface area contributed by atoms with Gasteiger partial charge in [0.2, 0.25) is 0 Å². The zero-order valence-electron chi connectivity index (χ0n) is 32.1. The fraction of sp³-hybridized carbons (Fsp3) is 0. The average molecular weight is 798 g/mol. The van der Waals surface area contributed by atoms with E-state index < -0.39 is 0 Å². The van der Waals surface area contributed by atoms with Gasteiger partial charge < -0.3 is 0 Å². The first kappa shape index (κ1) is 33.6. The maximum Gasteiger partial charge on any atom is 0.165 e. The molecule has 5 heteroatoms. The Morgan fingerprint density at radius 2 is 0.617 bits per heavy atom. The van der Waals surface area contributed by atoms with E-state index in [0.29, 0.717) is 17.5 Å². The van der Waals surface area contributed by atoms with Gasteiger partial charge in [-0.1, -0.05) is 158 Å². The molecule has 0 aliphatic rings. The zero-order valence-corrected chi connectivity index (χ0v) is 33.7. The van der Waals surface area contributed by atoms with Gasteiger partial charge in [0.25, 0.3) is 0 Å². The number of benzene rings is 10. The van der Waals surface area contributed by atoms with Crippen LogP contribution in [0.3, 0.4) is 0 Å². The van der Waals surface area contributed by atoms with Crippen molar-refractivity contribution in [3.63, 3.8) is 0 Å². The fourth-order valence-electron chi connectivity index (χ4n) is 9.49. The Morgan fingerprint density at radius 1 is 0.250 bits per heavy atom. The Morgan fingerprint density at radius 3 is 1.18 bits per heavy atom. The van der Waals surface area contributed by atoms with Crippen LogP contribution in [0.1, 0.15) is 0 Å². The van der Waals surface area contributed by atoms with E-state index >= 15 is 0 Å². The summed E-state index contributed by atoms with van der Waals surface area (Å²) in [5, 5.41) is 14.9. The first-order chi connectivity index (χ1) is 29.8. The van der Waals surface area contributed by atoms with E-state index in [4.69, 9.17) is 15.0 Å². The minimum absolute atomic E-state index is 0.648. The molecular formula is C55H31N3S2. The summed E-state index contributed by atoms with van der Waals surface area (Å²) in [6.07, 6.45) is 0. The van der Waals surface area contributed by atoms with Crippen molar-refractivity contribution in [3.8, 4) is 45.3 Å². The predicted octanol–water partition coefficient (Wildman–Crippen LogP) is 15.9. The van der Waals surface area contributed by atoms with Gasteiger partial charge in [0.05, 0.1) is 0 Å². The van der Waals surface area contributed by atoms with Gasteiger partial charge in [-0.2, -0.15) is 0 Å². The van der Waals surface area contributed by atoms with Crippen molar-refractivity contribution in [1.82, 2.24) is 15.0 Å². The second kappa shape index (κ2) is 13.1.